The topological polar surface area (TPSA) is 29.5 Å². The van der Waals surface area contributed by atoms with E-state index in [1.165, 1.54) is 12.1 Å². The Kier molecular flexibility index (Phi) is 3.40. The van der Waals surface area contributed by atoms with Crippen LogP contribution in [-0.4, -0.2) is 5.11 Å². The van der Waals surface area contributed by atoms with Crippen molar-refractivity contribution < 1.29 is 14.2 Å². The first-order chi connectivity index (χ1) is 9.52. The highest BCUT2D eigenvalue weighted by Crippen LogP contribution is 2.41. The lowest BCUT2D eigenvalue weighted by Crippen LogP contribution is -2.19. The molecule has 0 amide bonds. The quantitative estimate of drug-likeness (QED) is 0.847. The van der Waals surface area contributed by atoms with Crippen LogP contribution in [0.3, 0.4) is 0 Å². The minimum atomic E-state index is -0.620. The summed E-state index contributed by atoms with van der Waals surface area (Å²) in [6, 6.07) is 9.98. The molecule has 1 N–H and O–H groups in total. The summed E-state index contributed by atoms with van der Waals surface area (Å²) >= 11 is 5.87. The Balaban J connectivity index is 1.96. The first-order valence-electron chi connectivity index (χ1n) is 6.44. The molecule has 0 aromatic heterocycles. The van der Waals surface area contributed by atoms with Crippen molar-refractivity contribution in [2.75, 3.05) is 0 Å². The molecule has 0 saturated carbocycles. The molecule has 0 fully saturated rings. The smallest absolute Gasteiger partial charge is 0.127 e. The van der Waals surface area contributed by atoms with Crippen LogP contribution in [0, 0.1) is 12.7 Å². The van der Waals surface area contributed by atoms with E-state index in [4.69, 9.17) is 16.3 Å². The third kappa shape index (κ3) is 2.51. The van der Waals surface area contributed by atoms with Gasteiger partial charge in [-0.15, -0.1) is 0 Å². The predicted molar refractivity (Wildman–Crippen MR) is 75.5 cm³/mol. The third-order valence-corrected chi connectivity index (χ3v) is 3.71. The van der Waals surface area contributed by atoms with Crippen LogP contribution in [0.4, 0.5) is 4.39 Å². The maximum absolute atomic E-state index is 13.4. The number of rotatable bonds is 1. The van der Waals surface area contributed by atoms with Crippen molar-refractivity contribution in [1.29, 1.82) is 0 Å². The van der Waals surface area contributed by atoms with Gasteiger partial charge in [0.05, 0.1) is 6.10 Å². The van der Waals surface area contributed by atoms with Gasteiger partial charge in [0.25, 0.3) is 0 Å². The van der Waals surface area contributed by atoms with E-state index in [0.717, 1.165) is 11.1 Å². The number of aliphatic hydroxyl groups excluding tert-OH is 1. The third-order valence-electron chi connectivity index (χ3n) is 3.49. The number of aliphatic hydroxyl groups is 1. The Hall–Kier alpha value is -1.58. The molecule has 1 heterocycles. The number of aryl methyl sites for hydroxylation is 1. The molecular weight excluding hydrogens is 279 g/mol. The summed E-state index contributed by atoms with van der Waals surface area (Å²) in [6.07, 6.45) is -0.630. The van der Waals surface area contributed by atoms with Crippen LogP contribution < -0.4 is 4.74 Å². The van der Waals surface area contributed by atoms with Gasteiger partial charge in [0.1, 0.15) is 17.7 Å². The second-order valence-electron chi connectivity index (χ2n) is 5.10. The lowest BCUT2D eigenvalue weighted by atomic mass is 9.94. The van der Waals surface area contributed by atoms with Crippen molar-refractivity contribution in [3.05, 3.63) is 63.9 Å². The fourth-order valence-electron chi connectivity index (χ4n) is 2.53. The molecule has 2 unspecified atom stereocenters. The van der Waals surface area contributed by atoms with E-state index in [1.54, 1.807) is 6.07 Å². The van der Waals surface area contributed by atoms with E-state index in [9.17, 15) is 9.50 Å². The lowest BCUT2D eigenvalue weighted by molar-refractivity contribution is 0.0655. The van der Waals surface area contributed by atoms with Gasteiger partial charge in [0.15, 0.2) is 0 Å². The number of ether oxygens (including phenoxy) is 1. The average Bonchev–Trinajstić information content (AvgIpc) is 2.38. The van der Waals surface area contributed by atoms with Crippen LogP contribution in [0.5, 0.6) is 5.75 Å². The Morgan fingerprint density at radius 2 is 2.05 bits per heavy atom. The molecule has 1 aliphatic rings. The van der Waals surface area contributed by atoms with E-state index in [-0.39, 0.29) is 0 Å². The van der Waals surface area contributed by atoms with Crippen molar-refractivity contribution in [2.24, 2.45) is 0 Å². The van der Waals surface area contributed by atoms with Crippen LogP contribution >= 0.6 is 11.6 Å². The molecule has 0 aliphatic carbocycles. The van der Waals surface area contributed by atoms with Gasteiger partial charge in [0.2, 0.25) is 0 Å². The van der Waals surface area contributed by atoms with Crippen LogP contribution in [-0.2, 0) is 0 Å². The lowest BCUT2D eigenvalue weighted by Gasteiger charge is -2.30. The Labute approximate surface area is 121 Å². The zero-order chi connectivity index (χ0) is 14.3. The highest BCUT2D eigenvalue weighted by molar-refractivity contribution is 6.30. The van der Waals surface area contributed by atoms with Gasteiger partial charge >= 0.3 is 0 Å². The van der Waals surface area contributed by atoms with Crippen molar-refractivity contribution in [1.82, 2.24) is 0 Å². The normalized spacial score (nSPS) is 21.2. The molecule has 2 aromatic carbocycles. The second kappa shape index (κ2) is 5.08. The highest BCUT2D eigenvalue weighted by Gasteiger charge is 2.28. The summed E-state index contributed by atoms with van der Waals surface area (Å²) in [4.78, 5) is 0. The number of halogens is 2. The van der Waals surface area contributed by atoms with Gasteiger partial charge in [0, 0.05) is 17.0 Å². The molecule has 20 heavy (non-hydrogen) atoms. The summed E-state index contributed by atoms with van der Waals surface area (Å²) in [6.45, 7) is 1.96. The molecule has 3 rings (SSSR count). The van der Waals surface area contributed by atoms with Crippen molar-refractivity contribution in [2.45, 2.75) is 25.6 Å². The van der Waals surface area contributed by atoms with E-state index in [1.807, 2.05) is 25.1 Å². The van der Waals surface area contributed by atoms with E-state index >= 15 is 0 Å². The number of hydrogen-bond donors (Lipinski definition) is 1. The van der Waals surface area contributed by atoms with Gasteiger partial charge in [-0.1, -0.05) is 23.2 Å². The van der Waals surface area contributed by atoms with Crippen LogP contribution in [0.1, 0.15) is 35.3 Å². The zero-order valence-electron chi connectivity index (χ0n) is 10.9. The second-order valence-corrected chi connectivity index (χ2v) is 5.54. The minimum absolute atomic E-state index is 0.327. The van der Waals surface area contributed by atoms with Gasteiger partial charge in [-0.25, -0.2) is 4.39 Å². The van der Waals surface area contributed by atoms with Gasteiger partial charge in [-0.2, -0.15) is 0 Å². The molecule has 2 atom stereocenters. The molecule has 4 heteroatoms. The van der Waals surface area contributed by atoms with E-state index in [2.05, 4.69) is 0 Å². The molecule has 1 aliphatic heterocycles. The number of hydrogen-bond acceptors (Lipinski definition) is 2. The van der Waals surface area contributed by atoms with Crippen molar-refractivity contribution in [3.8, 4) is 5.75 Å². The van der Waals surface area contributed by atoms with Crippen molar-refractivity contribution >= 4 is 11.6 Å². The average molecular weight is 293 g/mol. The Morgan fingerprint density at radius 3 is 2.80 bits per heavy atom. The van der Waals surface area contributed by atoms with E-state index < -0.39 is 18.0 Å². The molecule has 0 bridgehead atoms. The Bertz CT molecular complexity index is 637. The molecular formula is C16H14ClFO2. The molecule has 104 valence electrons. The molecule has 0 spiro atoms. The summed E-state index contributed by atoms with van der Waals surface area (Å²) in [5, 5.41) is 10.6. The fourth-order valence-corrected chi connectivity index (χ4v) is 2.76. The van der Waals surface area contributed by atoms with Gasteiger partial charge < -0.3 is 9.84 Å². The standard InChI is InChI=1S/C16H14ClFO2/c1-9-2-3-15-13(4-9)14(19)8-16(20-15)10-5-11(17)7-12(18)6-10/h2-7,14,16,19H,8H2,1H3. The molecule has 0 saturated heterocycles. The summed E-state index contributed by atoms with van der Waals surface area (Å²) < 4.78 is 19.3. The monoisotopic (exact) mass is 292 g/mol. The molecule has 0 radical (unpaired) electrons. The summed E-state index contributed by atoms with van der Waals surface area (Å²) in [5.74, 6) is 0.236. The first-order valence-corrected chi connectivity index (χ1v) is 6.82. The summed E-state index contributed by atoms with van der Waals surface area (Å²) in [7, 11) is 0. The highest BCUT2D eigenvalue weighted by atomic mass is 35.5. The zero-order valence-corrected chi connectivity index (χ0v) is 11.7. The largest absolute Gasteiger partial charge is 0.485 e. The number of fused-ring (bicyclic) bond motifs is 1. The van der Waals surface area contributed by atoms with Crippen LogP contribution in [0.15, 0.2) is 36.4 Å². The van der Waals surface area contributed by atoms with Gasteiger partial charge in [-0.05, 0) is 42.8 Å². The minimum Gasteiger partial charge on any atom is -0.485 e. The van der Waals surface area contributed by atoms with E-state index in [0.29, 0.717) is 22.8 Å². The maximum Gasteiger partial charge on any atom is 0.127 e. The first kappa shape index (κ1) is 13.4. The maximum atomic E-state index is 13.4. The molecule has 2 aromatic rings. The summed E-state index contributed by atoms with van der Waals surface area (Å²) in [5.41, 5.74) is 2.49. The fraction of sp³-hybridized carbons (Fsp3) is 0.250. The van der Waals surface area contributed by atoms with Crippen LogP contribution in [0.25, 0.3) is 0 Å². The van der Waals surface area contributed by atoms with Crippen molar-refractivity contribution in [3.63, 3.8) is 0 Å². The predicted octanol–water partition coefficient (Wildman–Crippen LogP) is 4.34. The molecule has 2 nitrogen and oxygen atoms in total. The SMILES string of the molecule is Cc1ccc2c(c1)C(O)CC(c1cc(F)cc(Cl)c1)O2. The number of benzene rings is 2. The Morgan fingerprint density at radius 1 is 1.25 bits per heavy atom. The van der Waals surface area contributed by atoms with Gasteiger partial charge in [-0.3, -0.25) is 0 Å². The van der Waals surface area contributed by atoms with Crippen LogP contribution in [0.2, 0.25) is 5.02 Å².